The van der Waals surface area contributed by atoms with Gasteiger partial charge in [-0.2, -0.15) is 0 Å². The minimum Gasteiger partial charge on any atom is -0.352 e. The second-order valence-corrected chi connectivity index (χ2v) is 5.26. The van der Waals surface area contributed by atoms with E-state index in [0.717, 1.165) is 22.6 Å². The molecule has 0 aromatic carbocycles. The molecule has 3 aromatic rings. The van der Waals surface area contributed by atoms with E-state index in [0.29, 0.717) is 13.0 Å². The van der Waals surface area contributed by atoms with Crippen molar-refractivity contribution in [3.63, 3.8) is 0 Å². The summed E-state index contributed by atoms with van der Waals surface area (Å²) >= 11 is 0. The molecule has 116 valence electrons. The van der Waals surface area contributed by atoms with Crippen LogP contribution < -0.4 is 5.32 Å². The Balaban J connectivity index is 1.53. The Labute approximate surface area is 134 Å². The van der Waals surface area contributed by atoms with Crippen LogP contribution in [0.4, 0.5) is 0 Å². The van der Waals surface area contributed by atoms with E-state index in [9.17, 15) is 4.79 Å². The van der Waals surface area contributed by atoms with Gasteiger partial charge in [0.1, 0.15) is 12.1 Å². The lowest BCUT2D eigenvalue weighted by molar-refractivity contribution is -0.120. The van der Waals surface area contributed by atoms with E-state index >= 15 is 0 Å². The summed E-state index contributed by atoms with van der Waals surface area (Å²) in [6.07, 6.45) is 9.04. The minimum absolute atomic E-state index is 0.0330. The molecule has 0 aliphatic carbocycles. The van der Waals surface area contributed by atoms with Gasteiger partial charge in [0.15, 0.2) is 0 Å². The van der Waals surface area contributed by atoms with Crippen molar-refractivity contribution in [3.8, 4) is 5.82 Å². The van der Waals surface area contributed by atoms with E-state index in [4.69, 9.17) is 0 Å². The van der Waals surface area contributed by atoms with Gasteiger partial charge in [-0.25, -0.2) is 9.97 Å². The third kappa shape index (κ3) is 4.00. The first-order valence-electron chi connectivity index (χ1n) is 7.32. The molecule has 3 aromatic heterocycles. The van der Waals surface area contributed by atoms with Crippen molar-refractivity contribution < 1.29 is 4.79 Å². The molecule has 0 saturated carbocycles. The van der Waals surface area contributed by atoms with Crippen LogP contribution in [0.5, 0.6) is 0 Å². The van der Waals surface area contributed by atoms with Crippen LogP contribution in [0.2, 0.25) is 0 Å². The van der Waals surface area contributed by atoms with Crippen molar-refractivity contribution in [1.82, 2.24) is 24.8 Å². The first-order valence-corrected chi connectivity index (χ1v) is 7.32. The van der Waals surface area contributed by atoms with E-state index in [2.05, 4.69) is 20.3 Å². The van der Waals surface area contributed by atoms with Gasteiger partial charge in [-0.1, -0.05) is 12.1 Å². The number of hydrogen-bond acceptors (Lipinski definition) is 4. The number of imidazole rings is 1. The van der Waals surface area contributed by atoms with Crippen LogP contribution in [0.25, 0.3) is 5.82 Å². The lowest BCUT2D eigenvalue weighted by Gasteiger charge is -2.06. The van der Waals surface area contributed by atoms with E-state index in [1.165, 1.54) is 0 Å². The molecule has 23 heavy (non-hydrogen) atoms. The second kappa shape index (κ2) is 6.83. The number of hydrogen-bond donors (Lipinski definition) is 1. The molecular formula is C17H17N5O. The predicted molar refractivity (Wildman–Crippen MR) is 85.9 cm³/mol. The Morgan fingerprint density at radius 2 is 1.96 bits per heavy atom. The average molecular weight is 307 g/mol. The Hall–Kier alpha value is -3.02. The van der Waals surface area contributed by atoms with Crippen LogP contribution in [0.15, 0.2) is 55.4 Å². The van der Waals surface area contributed by atoms with Crippen LogP contribution in [0.1, 0.15) is 16.8 Å². The lowest BCUT2D eigenvalue weighted by atomic mass is 10.2. The monoisotopic (exact) mass is 307 g/mol. The molecule has 0 atom stereocenters. The van der Waals surface area contributed by atoms with Crippen molar-refractivity contribution in [2.45, 2.75) is 19.9 Å². The number of aromatic nitrogens is 4. The summed E-state index contributed by atoms with van der Waals surface area (Å²) in [5.74, 6) is 0.762. The molecular weight excluding hydrogens is 290 g/mol. The molecule has 3 heterocycles. The van der Waals surface area contributed by atoms with Gasteiger partial charge < -0.3 is 5.32 Å². The molecule has 0 saturated heterocycles. The molecule has 0 unspecified atom stereocenters. The van der Waals surface area contributed by atoms with Crippen molar-refractivity contribution >= 4 is 5.91 Å². The summed E-state index contributed by atoms with van der Waals surface area (Å²) < 4.78 is 1.83. The highest BCUT2D eigenvalue weighted by Gasteiger charge is 2.04. The van der Waals surface area contributed by atoms with Crippen LogP contribution in [0, 0.1) is 6.92 Å². The first-order chi connectivity index (χ1) is 11.2. The Bertz CT molecular complexity index is 764. The largest absolute Gasteiger partial charge is 0.352 e. The van der Waals surface area contributed by atoms with Crippen molar-refractivity contribution in [2.24, 2.45) is 0 Å². The molecule has 3 rings (SSSR count). The van der Waals surface area contributed by atoms with Gasteiger partial charge >= 0.3 is 0 Å². The number of amides is 1. The van der Waals surface area contributed by atoms with E-state index in [-0.39, 0.29) is 5.91 Å². The normalized spacial score (nSPS) is 10.5. The highest BCUT2D eigenvalue weighted by atomic mass is 16.1. The van der Waals surface area contributed by atoms with Crippen LogP contribution >= 0.6 is 0 Å². The van der Waals surface area contributed by atoms with Crippen LogP contribution in [0.3, 0.4) is 0 Å². The molecule has 0 bridgehead atoms. The SMILES string of the molecule is Cc1ccc(CC(=O)NCc2ccc(-n3ccnc3)nc2)cn1. The molecule has 0 radical (unpaired) electrons. The maximum Gasteiger partial charge on any atom is 0.224 e. The summed E-state index contributed by atoms with van der Waals surface area (Å²) in [6, 6.07) is 7.66. The number of nitrogens with one attached hydrogen (secondary N) is 1. The average Bonchev–Trinajstić information content (AvgIpc) is 3.10. The van der Waals surface area contributed by atoms with E-state index in [1.54, 1.807) is 24.9 Å². The maximum atomic E-state index is 12.0. The minimum atomic E-state index is -0.0330. The topological polar surface area (TPSA) is 72.7 Å². The Kier molecular flexibility index (Phi) is 4.42. The summed E-state index contributed by atoms with van der Waals surface area (Å²) in [5.41, 5.74) is 2.80. The summed E-state index contributed by atoms with van der Waals surface area (Å²) in [5, 5.41) is 2.89. The zero-order valence-corrected chi connectivity index (χ0v) is 12.8. The van der Waals surface area contributed by atoms with Gasteiger partial charge in [0.25, 0.3) is 0 Å². The summed E-state index contributed by atoms with van der Waals surface area (Å²) in [6.45, 7) is 2.37. The molecule has 6 nitrogen and oxygen atoms in total. The zero-order valence-electron chi connectivity index (χ0n) is 12.8. The number of nitrogens with zero attached hydrogens (tertiary/aromatic N) is 4. The number of aryl methyl sites for hydroxylation is 1. The smallest absolute Gasteiger partial charge is 0.224 e. The number of carbonyl (C=O) groups excluding carboxylic acids is 1. The van der Waals surface area contributed by atoms with Gasteiger partial charge in [0.05, 0.1) is 6.42 Å². The maximum absolute atomic E-state index is 12.0. The van der Waals surface area contributed by atoms with Crippen molar-refractivity contribution in [2.75, 3.05) is 0 Å². The van der Waals surface area contributed by atoms with E-state index in [1.807, 2.05) is 42.0 Å². The number of pyridine rings is 2. The van der Waals surface area contributed by atoms with Crippen molar-refractivity contribution in [1.29, 1.82) is 0 Å². The molecule has 0 aliphatic heterocycles. The highest BCUT2D eigenvalue weighted by Crippen LogP contribution is 2.05. The summed E-state index contributed by atoms with van der Waals surface area (Å²) in [7, 11) is 0. The molecule has 0 spiro atoms. The number of carbonyl (C=O) groups is 1. The standard InChI is InChI=1S/C17H17N5O/c1-13-2-3-14(9-19-13)8-17(23)21-11-15-4-5-16(20-10-15)22-7-6-18-12-22/h2-7,9-10,12H,8,11H2,1H3,(H,21,23). The van der Waals surface area contributed by atoms with Crippen LogP contribution in [-0.4, -0.2) is 25.4 Å². The molecule has 0 aliphatic rings. The van der Waals surface area contributed by atoms with Crippen molar-refractivity contribution in [3.05, 3.63) is 72.2 Å². The number of rotatable bonds is 5. The van der Waals surface area contributed by atoms with Gasteiger partial charge in [-0.05, 0) is 30.2 Å². The van der Waals surface area contributed by atoms with Crippen LogP contribution in [-0.2, 0) is 17.8 Å². The zero-order chi connectivity index (χ0) is 16.1. The van der Waals surface area contributed by atoms with Gasteiger partial charge in [-0.15, -0.1) is 0 Å². The van der Waals surface area contributed by atoms with Gasteiger partial charge in [0.2, 0.25) is 5.91 Å². The Morgan fingerprint density at radius 1 is 1.13 bits per heavy atom. The fraction of sp³-hybridized carbons (Fsp3) is 0.176. The van der Waals surface area contributed by atoms with Gasteiger partial charge in [0, 0.05) is 37.0 Å². The Morgan fingerprint density at radius 3 is 2.61 bits per heavy atom. The molecule has 6 heteroatoms. The molecule has 0 fully saturated rings. The molecule has 1 amide bonds. The predicted octanol–water partition coefficient (Wildman–Crippen LogP) is 1.83. The van der Waals surface area contributed by atoms with E-state index < -0.39 is 0 Å². The fourth-order valence-electron chi connectivity index (χ4n) is 2.12. The quantitative estimate of drug-likeness (QED) is 0.780. The lowest BCUT2D eigenvalue weighted by Crippen LogP contribution is -2.24. The fourth-order valence-corrected chi connectivity index (χ4v) is 2.12. The highest BCUT2D eigenvalue weighted by molar-refractivity contribution is 5.78. The third-order valence-electron chi connectivity index (χ3n) is 3.41. The second-order valence-electron chi connectivity index (χ2n) is 5.26. The van der Waals surface area contributed by atoms with Gasteiger partial charge in [-0.3, -0.25) is 14.3 Å². The first kappa shape index (κ1) is 14.9. The molecule has 1 N–H and O–H groups in total. The summed E-state index contributed by atoms with van der Waals surface area (Å²) in [4.78, 5) is 24.5. The third-order valence-corrected chi connectivity index (χ3v) is 3.41.